The van der Waals surface area contributed by atoms with Gasteiger partial charge in [0.15, 0.2) is 0 Å². The van der Waals surface area contributed by atoms with Gasteiger partial charge in [-0.25, -0.2) is 4.98 Å². The summed E-state index contributed by atoms with van der Waals surface area (Å²) in [4.78, 5) is 7.04. The minimum atomic E-state index is 0.654. The maximum Gasteiger partial charge on any atom is 0.137 e. The zero-order valence-corrected chi connectivity index (χ0v) is 11.5. The molecule has 1 saturated heterocycles. The van der Waals surface area contributed by atoms with E-state index in [1.165, 1.54) is 18.5 Å². The van der Waals surface area contributed by atoms with Crippen LogP contribution in [0, 0.1) is 5.92 Å². The largest absolute Gasteiger partial charge is 0.370 e. The second kappa shape index (κ2) is 5.21. The van der Waals surface area contributed by atoms with Crippen LogP contribution in [0.15, 0.2) is 24.5 Å². The first-order valence-electron chi connectivity index (χ1n) is 7.19. The van der Waals surface area contributed by atoms with Gasteiger partial charge in [-0.3, -0.25) is 0 Å². The molecule has 0 amide bonds. The summed E-state index contributed by atoms with van der Waals surface area (Å²) < 4.78 is 2.12. The van der Waals surface area contributed by atoms with Crippen LogP contribution in [0.2, 0.25) is 0 Å². The summed E-state index contributed by atoms with van der Waals surface area (Å²) in [5, 5.41) is 0. The van der Waals surface area contributed by atoms with Crippen LogP contribution in [0.3, 0.4) is 0 Å². The predicted octanol–water partition coefficient (Wildman–Crippen LogP) is 2.07. The molecular formula is C15H22N4. The molecule has 2 aromatic heterocycles. The van der Waals surface area contributed by atoms with E-state index in [0.717, 1.165) is 36.8 Å². The number of fused-ring (bicyclic) bond motifs is 1. The summed E-state index contributed by atoms with van der Waals surface area (Å²) in [5.74, 6) is 0.865. The van der Waals surface area contributed by atoms with Crippen LogP contribution in [-0.2, 0) is 6.42 Å². The van der Waals surface area contributed by atoms with Crippen molar-refractivity contribution in [2.45, 2.75) is 26.2 Å². The van der Waals surface area contributed by atoms with Crippen molar-refractivity contribution in [2.24, 2.45) is 11.7 Å². The Morgan fingerprint density at radius 2 is 2.05 bits per heavy atom. The van der Waals surface area contributed by atoms with Crippen molar-refractivity contribution < 1.29 is 0 Å². The molecule has 3 rings (SSSR count). The highest BCUT2D eigenvalue weighted by Crippen LogP contribution is 2.23. The highest BCUT2D eigenvalue weighted by atomic mass is 15.1. The van der Waals surface area contributed by atoms with Crippen molar-refractivity contribution in [1.29, 1.82) is 0 Å². The maximum absolute atomic E-state index is 5.58. The molecule has 4 nitrogen and oxygen atoms in total. The summed E-state index contributed by atoms with van der Waals surface area (Å²) in [5.41, 5.74) is 8.97. The van der Waals surface area contributed by atoms with Gasteiger partial charge in [-0.1, -0.05) is 6.92 Å². The fourth-order valence-corrected chi connectivity index (χ4v) is 2.75. The molecule has 2 aromatic rings. The van der Waals surface area contributed by atoms with Gasteiger partial charge in [0, 0.05) is 31.9 Å². The Balaban J connectivity index is 1.84. The Kier molecular flexibility index (Phi) is 3.42. The first-order valence-corrected chi connectivity index (χ1v) is 7.19. The highest BCUT2D eigenvalue weighted by molar-refractivity contribution is 5.52. The van der Waals surface area contributed by atoms with Crippen molar-refractivity contribution >= 4 is 11.3 Å². The number of piperidine rings is 1. The molecule has 102 valence electrons. The number of pyridine rings is 1. The van der Waals surface area contributed by atoms with Crippen LogP contribution in [-0.4, -0.2) is 29.0 Å². The first kappa shape index (κ1) is 12.5. The molecule has 0 unspecified atom stereocenters. The van der Waals surface area contributed by atoms with Crippen LogP contribution in [0.1, 0.15) is 25.5 Å². The van der Waals surface area contributed by atoms with E-state index >= 15 is 0 Å². The Morgan fingerprint density at radius 1 is 1.26 bits per heavy atom. The predicted molar refractivity (Wildman–Crippen MR) is 78.6 cm³/mol. The third kappa shape index (κ3) is 2.59. The third-order valence-corrected chi connectivity index (χ3v) is 4.03. The number of hydrogen-bond donors (Lipinski definition) is 1. The van der Waals surface area contributed by atoms with Crippen LogP contribution < -0.4 is 10.6 Å². The van der Waals surface area contributed by atoms with E-state index in [1.807, 2.05) is 0 Å². The average Bonchev–Trinajstić information content (AvgIpc) is 2.81. The number of rotatable bonds is 3. The molecule has 1 aliphatic rings. The molecule has 3 heterocycles. The molecule has 0 atom stereocenters. The first-order chi connectivity index (χ1) is 9.26. The highest BCUT2D eigenvalue weighted by Gasteiger charge is 2.16. The lowest BCUT2D eigenvalue weighted by atomic mass is 9.99. The van der Waals surface area contributed by atoms with Gasteiger partial charge in [-0.2, -0.15) is 0 Å². The molecule has 4 heteroatoms. The smallest absolute Gasteiger partial charge is 0.137 e. The van der Waals surface area contributed by atoms with Gasteiger partial charge in [0.05, 0.1) is 11.4 Å². The van der Waals surface area contributed by atoms with Gasteiger partial charge in [0.25, 0.3) is 0 Å². The van der Waals surface area contributed by atoms with E-state index in [-0.39, 0.29) is 0 Å². The van der Waals surface area contributed by atoms with Crippen LogP contribution in [0.25, 0.3) is 5.65 Å². The average molecular weight is 258 g/mol. The standard InChI is InChI=1S/C15H22N4/c1-12-5-8-18(9-6-12)14-2-3-15-17-13(4-7-16)10-19(15)11-14/h2-3,10-12H,4-9,16H2,1H3. The van der Waals surface area contributed by atoms with E-state index in [1.54, 1.807) is 0 Å². The van der Waals surface area contributed by atoms with Crippen LogP contribution in [0.5, 0.6) is 0 Å². The molecule has 0 aromatic carbocycles. The monoisotopic (exact) mass is 258 g/mol. The molecule has 2 N–H and O–H groups in total. The van der Waals surface area contributed by atoms with Crippen LogP contribution in [0.4, 0.5) is 5.69 Å². The second-order valence-corrected chi connectivity index (χ2v) is 5.59. The molecule has 19 heavy (non-hydrogen) atoms. The van der Waals surface area contributed by atoms with E-state index in [0.29, 0.717) is 6.54 Å². The second-order valence-electron chi connectivity index (χ2n) is 5.59. The molecule has 0 aliphatic carbocycles. The fourth-order valence-electron chi connectivity index (χ4n) is 2.75. The van der Waals surface area contributed by atoms with Gasteiger partial charge < -0.3 is 15.0 Å². The van der Waals surface area contributed by atoms with E-state index in [4.69, 9.17) is 5.73 Å². The van der Waals surface area contributed by atoms with Crippen molar-refractivity contribution in [1.82, 2.24) is 9.38 Å². The number of anilines is 1. The van der Waals surface area contributed by atoms with Gasteiger partial charge >= 0.3 is 0 Å². The number of nitrogens with zero attached hydrogens (tertiary/aromatic N) is 3. The maximum atomic E-state index is 5.58. The Hall–Kier alpha value is -1.55. The Bertz CT molecular complexity index is 552. The number of hydrogen-bond acceptors (Lipinski definition) is 3. The fraction of sp³-hybridized carbons (Fsp3) is 0.533. The summed E-state index contributed by atoms with van der Waals surface area (Å²) in [6.07, 6.45) is 7.72. The van der Waals surface area contributed by atoms with Gasteiger partial charge in [0.2, 0.25) is 0 Å². The van der Waals surface area contributed by atoms with E-state index in [2.05, 4.69) is 45.7 Å². The zero-order valence-electron chi connectivity index (χ0n) is 11.5. The molecule has 0 radical (unpaired) electrons. The normalized spacial score (nSPS) is 17.3. The van der Waals surface area contributed by atoms with E-state index < -0.39 is 0 Å². The summed E-state index contributed by atoms with van der Waals surface area (Å²) in [7, 11) is 0. The molecule has 1 fully saturated rings. The van der Waals surface area contributed by atoms with Crippen LogP contribution >= 0.6 is 0 Å². The minimum absolute atomic E-state index is 0.654. The lowest BCUT2D eigenvalue weighted by molar-refractivity contribution is 0.438. The summed E-state index contributed by atoms with van der Waals surface area (Å²) in [6, 6.07) is 4.29. The lowest BCUT2D eigenvalue weighted by Gasteiger charge is -2.32. The Morgan fingerprint density at radius 3 is 2.79 bits per heavy atom. The SMILES string of the molecule is CC1CCN(c2ccc3nc(CCN)cn3c2)CC1. The lowest BCUT2D eigenvalue weighted by Crippen LogP contribution is -2.32. The molecule has 0 bridgehead atoms. The molecule has 0 spiro atoms. The number of imidazole rings is 1. The minimum Gasteiger partial charge on any atom is -0.370 e. The molecule has 0 saturated carbocycles. The zero-order chi connectivity index (χ0) is 13.2. The topological polar surface area (TPSA) is 46.6 Å². The number of aromatic nitrogens is 2. The van der Waals surface area contributed by atoms with Crippen molar-refractivity contribution in [3.63, 3.8) is 0 Å². The summed E-state index contributed by atoms with van der Waals surface area (Å²) in [6.45, 7) is 5.32. The molecule has 1 aliphatic heterocycles. The van der Waals surface area contributed by atoms with Crippen molar-refractivity contribution in [3.8, 4) is 0 Å². The Labute approximate surface area is 114 Å². The van der Waals surface area contributed by atoms with Gasteiger partial charge in [-0.15, -0.1) is 0 Å². The summed E-state index contributed by atoms with van der Waals surface area (Å²) >= 11 is 0. The van der Waals surface area contributed by atoms with E-state index in [9.17, 15) is 0 Å². The van der Waals surface area contributed by atoms with Crippen molar-refractivity contribution in [2.75, 3.05) is 24.5 Å². The molecular weight excluding hydrogens is 236 g/mol. The number of nitrogens with two attached hydrogens (primary N) is 1. The van der Waals surface area contributed by atoms with Crippen molar-refractivity contribution in [3.05, 3.63) is 30.2 Å². The van der Waals surface area contributed by atoms with Gasteiger partial charge in [-0.05, 0) is 37.4 Å². The quantitative estimate of drug-likeness (QED) is 0.916. The third-order valence-electron chi connectivity index (χ3n) is 4.03. The van der Waals surface area contributed by atoms with Gasteiger partial charge in [0.1, 0.15) is 5.65 Å².